The maximum absolute atomic E-state index is 10.2. The monoisotopic (exact) mass is 458 g/mol. The highest BCUT2D eigenvalue weighted by Gasteiger charge is 2.19. The van der Waals surface area contributed by atoms with Gasteiger partial charge in [-0.3, -0.25) is 0 Å². The topological polar surface area (TPSA) is 115 Å². The number of aromatic carboxylic acids is 2. The van der Waals surface area contributed by atoms with Crippen LogP contribution in [0.25, 0.3) is 0 Å². The Balaban J connectivity index is 0.000000194. The minimum atomic E-state index is -0.886. The minimum Gasteiger partial charge on any atom is -0.478 e. The molecule has 6 nitrogen and oxygen atoms in total. The zero-order valence-electron chi connectivity index (χ0n) is 18.3. The smallest absolute Gasteiger partial charge is 0.335 e. The van der Waals surface area contributed by atoms with Gasteiger partial charge < -0.3 is 20.4 Å². The molecular formula is C28H26O6. The van der Waals surface area contributed by atoms with Crippen LogP contribution >= 0.6 is 0 Å². The molecule has 0 aliphatic carbocycles. The van der Waals surface area contributed by atoms with E-state index in [1.54, 1.807) is 84.9 Å². The molecule has 0 saturated heterocycles. The van der Waals surface area contributed by atoms with Gasteiger partial charge >= 0.3 is 11.9 Å². The molecule has 4 aromatic rings. The van der Waals surface area contributed by atoms with Gasteiger partial charge in [-0.15, -0.1) is 0 Å². The Labute approximate surface area is 198 Å². The molecule has 0 amide bonds. The van der Waals surface area contributed by atoms with E-state index in [4.69, 9.17) is 10.2 Å². The third-order valence-electron chi connectivity index (χ3n) is 4.62. The summed E-state index contributed by atoms with van der Waals surface area (Å²) >= 11 is 0. The van der Waals surface area contributed by atoms with Crippen molar-refractivity contribution in [3.8, 4) is 0 Å². The molecule has 0 heterocycles. The van der Waals surface area contributed by atoms with E-state index in [0.29, 0.717) is 11.1 Å². The fraction of sp³-hybridized carbons (Fsp3) is 0.0714. The molecule has 0 radical (unpaired) electrons. The summed E-state index contributed by atoms with van der Waals surface area (Å²) < 4.78 is 0. The van der Waals surface area contributed by atoms with E-state index >= 15 is 0 Å². The Morgan fingerprint density at radius 1 is 0.441 bits per heavy atom. The molecule has 0 saturated carbocycles. The Kier molecular flexibility index (Phi) is 10.7. The molecule has 0 aliphatic heterocycles. The first-order valence-electron chi connectivity index (χ1n) is 10.4. The van der Waals surface area contributed by atoms with Gasteiger partial charge in [0.1, 0.15) is 12.2 Å². The fourth-order valence-electron chi connectivity index (χ4n) is 2.83. The second kappa shape index (κ2) is 14.0. The van der Waals surface area contributed by atoms with E-state index in [-0.39, 0.29) is 0 Å². The van der Waals surface area contributed by atoms with Crippen molar-refractivity contribution in [2.45, 2.75) is 12.2 Å². The third kappa shape index (κ3) is 8.70. The summed E-state index contributed by atoms with van der Waals surface area (Å²) in [5, 5.41) is 36.8. The second-order valence-electron chi connectivity index (χ2n) is 7.05. The summed E-state index contributed by atoms with van der Waals surface area (Å²) in [6, 6.07) is 34.9. The summed E-state index contributed by atoms with van der Waals surface area (Å²) in [7, 11) is 0. The lowest BCUT2D eigenvalue weighted by atomic mass is 9.99. The normalized spacial score (nSPS) is 11.5. The van der Waals surface area contributed by atoms with Gasteiger partial charge in [-0.2, -0.15) is 0 Å². The van der Waals surface area contributed by atoms with Crippen molar-refractivity contribution in [1.82, 2.24) is 0 Å². The molecule has 174 valence electrons. The van der Waals surface area contributed by atoms with E-state index in [9.17, 15) is 19.8 Å². The van der Waals surface area contributed by atoms with Gasteiger partial charge in [-0.05, 0) is 35.4 Å². The summed E-state index contributed by atoms with van der Waals surface area (Å²) in [6.45, 7) is 0. The highest BCUT2D eigenvalue weighted by atomic mass is 16.4. The van der Waals surface area contributed by atoms with Crippen molar-refractivity contribution >= 4 is 11.9 Å². The Morgan fingerprint density at radius 2 is 0.676 bits per heavy atom. The van der Waals surface area contributed by atoms with Gasteiger partial charge in [-0.25, -0.2) is 9.59 Å². The number of carboxylic acid groups (broad SMARTS) is 2. The van der Waals surface area contributed by atoms with Crippen LogP contribution in [-0.4, -0.2) is 32.4 Å². The van der Waals surface area contributed by atoms with Gasteiger partial charge in [0.25, 0.3) is 0 Å². The number of carboxylic acids is 2. The lowest BCUT2D eigenvalue weighted by molar-refractivity contribution is 0.0172. The number of aliphatic hydroxyl groups is 2. The van der Waals surface area contributed by atoms with Crippen LogP contribution in [0.3, 0.4) is 0 Å². The van der Waals surface area contributed by atoms with Crippen molar-refractivity contribution in [2.75, 3.05) is 0 Å². The summed E-state index contributed by atoms with van der Waals surface area (Å²) in [6.07, 6.45) is -1.77. The van der Waals surface area contributed by atoms with E-state index in [0.717, 1.165) is 11.1 Å². The molecule has 2 unspecified atom stereocenters. The maximum atomic E-state index is 10.2. The number of hydrogen-bond donors (Lipinski definition) is 4. The zero-order chi connectivity index (χ0) is 24.8. The van der Waals surface area contributed by atoms with Crippen molar-refractivity contribution in [3.05, 3.63) is 144 Å². The predicted molar refractivity (Wildman–Crippen MR) is 130 cm³/mol. The molecule has 0 bridgehead atoms. The van der Waals surface area contributed by atoms with Crippen molar-refractivity contribution in [2.24, 2.45) is 0 Å². The van der Waals surface area contributed by atoms with E-state index in [1.165, 1.54) is 0 Å². The molecule has 0 spiro atoms. The summed E-state index contributed by atoms with van der Waals surface area (Å²) in [4.78, 5) is 20.4. The molecule has 0 aliphatic rings. The summed E-state index contributed by atoms with van der Waals surface area (Å²) in [5.74, 6) is -1.76. The first kappa shape index (κ1) is 26.0. The Morgan fingerprint density at radius 3 is 0.882 bits per heavy atom. The quantitative estimate of drug-likeness (QED) is 0.326. The van der Waals surface area contributed by atoms with Gasteiger partial charge in [0, 0.05) is 0 Å². The SMILES string of the molecule is O=C(O)c1ccccc1.O=C(O)c1ccccc1.OC(c1ccccc1)C(O)c1ccccc1. The highest BCUT2D eigenvalue weighted by molar-refractivity contribution is 5.87. The van der Waals surface area contributed by atoms with Crippen LogP contribution in [0.15, 0.2) is 121 Å². The molecule has 2 atom stereocenters. The van der Waals surface area contributed by atoms with Crippen LogP contribution in [0.2, 0.25) is 0 Å². The van der Waals surface area contributed by atoms with E-state index in [1.807, 2.05) is 36.4 Å². The minimum absolute atomic E-state index is 0.331. The average molecular weight is 459 g/mol. The van der Waals surface area contributed by atoms with Crippen LogP contribution < -0.4 is 0 Å². The molecular weight excluding hydrogens is 432 g/mol. The molecule has 0 fully saturated rings. The van der Waals surface area contributed by atoms with Gasteiger partial charge in [0.15, 0.2) is 0 Å². The summed E-state index contributed by atoms with van der Waals surface area (Å²) in [5.41, 5.74) is 2.10. The molecule has 6 heteroatoms. The number of hydrogen-bond acceptors (Lipinski definition) is 4. The van der Waals surface area contributed by atoms with E-state index < -0.39 is 24.1 Å². The van der Waals surface area contributed by atoms with Crippen molar-refractivity contribution in [1.29, 1.82) is 0 Å². The van der Waals surface area contributed by atoms with Crippen LogP contribution in [-0.2, 0) is 0 Å². The zero-order valence-corrected chi connectivity index (χ0v) is 18.3. The Bertz CT molecular complexity index is 1020. The highest BCUT2D eigenvalue weighted by Crippen LogP contribution is 2.27. The second-order valence-corrected chi connectivity index (χ2v) is 7.05. The van der Waals surface area contributed by atoms with Crippen molar-refractivity contribution < 1.29 is 30.0 Å². The molecule has 34 heavy (non-hydrogen) atoms. The molecule has 4 N–H and O–H groups in total. The van der Waals surface area contributed by atoms with Crippen LogP contribution in [0.5, 0.6) is 0 Å². The van der Waals surface area contributed by atoms with Crippen LogP contribution in [0, 0.1) is 0 Å². The first-order valence-corrected chi connectivity index (χ1v) is 10.4. The van der Waals surface area contributed by atoms with E-state index in [2.05, 4.69) is 0 Å². The van der Waals surface area contributed by atoms with Crippen LogP contribution in [0.1, 0.15) is 44.1 Å². The fourth-order valence-corrected chi connectivity index (χ4v) is 2.83. The maximum Gasteiger partial charge on any atom is 0.335 e. The van der Waals surface area contributed by atoms with Gasteiger partial charge in [0.2, 0.25) is 0 Å². The average Bonchev–Trinajstić information content (AvgIpc) is 2.90. The van der Waals surface area contributed by atoms with Crippen molar-refractivity contribution in [3.63, 3.8) is 0 Å². The lowest BCUT2D eigenvalue weighted by Gasteiger charge is -2.18. The number of aliphatic hydroxyl groups excluding tert-OH is 2. The number of rotatable bonds is 5. The molecule has 4 aromatic carbocycles. The van der Waals surface area contributed by atoms with Gasteiger partial charge in [-0.1, -0.05) is 97.1 Å². The van der Waals surface area contributed by atoms with Gasteiger partial charge in [0.05, 0.1) is 11.1 Å². The molecule has 0 aromatic heterocycles. The lowest BCUT2D eigenvalue weighted by Crippen LogP contribution is -2.09. The largest absolute Gasteiger partial charge is 0.478 e. The Hall–Kier alpha value is -4.26. The molecule has 4 rings (SSSR count). The van der Waals surface area contributed by atoms with Crippen LogP contribution in [0.4, 0.5) is 0 Å². The third-order valence-corrected chi connectivity index (χ3v) is 4.62. The predicted octanol–water partition coefficient (Wildman–Crippen LogP) is 5.22. The number of benzene rings is 4. The standard InChI is InChI=1S/C14H14O2.2C7H6O2/c15-13(11-7-3-1-4-8-11)14(16)12-9-5-2-6-10-12;2*8-7(9)6-4-2-1-3-5-6/h1-10,13-16H;2*1-5H,(H,8,9). The number of carbonyl (C=O) groups is 2. The first-order chi connectivity index (χ1) is 16.4.